The van der Waals surface area contributed by atoms with E-state index in [0.717, 1.165) is 16.9 Å². The Bertz CT molecular complexity index is 1370. The lowest BCUT2D eigenvalue weighted by Gasteiger charge is -2.05. The zero-order valence-corrected chi connectivity index (χ0v) is 18.7. The van der Waals surface area contributed by atoms with Gasteiger partial charge in [-0.25, -0.2) is 0 Å². The van der Waals surface area contributed by atoms with Crippen LogP contribution in [0.2, 0.25) is 0 Å². The molecule has 0 fully saturated rings. The maximum Gasteiger partial charge on any atom is 0.124 e. The van der Waals surface area contributed by atoms with Crippen LogP contribution >= 0.6 is 0 Å². The number of phenols is 2. The summed E-state index contributed by atoms with van der Waals surface area (Å²) in [6.45, 7) is 0. The lowest BCUT2D eigenvalue weighted by atomic mass is 10.1. The van der Waals surface area contributed by atoms with Gasteiger partial charge in [0.15, 0.2) is 0 Å². The van der Waals surface area contributed by atoms with E-state index in [1.807, 2.05) is 66.7 Å². The number of rotatable bonds is 7. The van der Waals surface area contributed by atoms with Crippen molar-refractivity contribution in [1.29, 1.82) is 0 Å². The number of hydrogen-bond acceptors (Lipinski definition) is 5. The van der Waals surface area contributed by atoms with E-state index in [2.05, 4.69) is 9.98 Å². The van der Waals surface area contributed by atoms with Crippen molar-refractivity contribution >= 4 is 36.0 Å². The zero-order chi connectivity index (χ0) is 23.8. The van der Waals surface area contributed by atoms with Gasteiger partial charge in [0.1, 0.15) is 17.2 Å². The standard InChI is InChI=1S/C29H24N2O3/c1-34-26-10-6-7-21(17-26)13-14-22-15-16-25(30-19-23-8-2-4-11-28(23)32)18-27(22)31-20-24-9-3-5-12-29(24)33/h2-20,32-33H,1H3/b14-13+,30-19?,31-20?. The predicted molar refractivity (Wildman–Crippen MR) is 139 cm³/mol. The second-order valence-corrected chi connectivity index (χ2v) is 7.49. The lowest BCUT2D eigenvalue weighted by Crippen LogP contribution is -1.84. The van der Waals surface area contributed by atoms with Gasteiger partial charge in [0, 0.05) is 29.1 Å². The number of methoxy groups -OCH3 is 1. The third-order valence-corrected chi connectivity index (χ3v) is 5.13. The number of para-hydroxylation sites is 2. The number of ether oxygens (including phenoxy) is 1. The van der Waals surface area contributed by atoms with Crippen LogP contribution in [0.5, 0.6) is 17.2 Å². The van der Waals surface area contributed by atoms with Gasteiger partial charge >= 0.3 is 0 Å². The molecule has 4 aromatic carbocycles. The van der Waals surface area contributed by atoms with Gasteiger partial charge in [-0.05, 0) is 54.1 Å². The van der Waals surface area contributed by atoms with Crippen LogP contribution in [0.3, 0.4) is 0 Å². The Morgan fingerprint density at radius 3 is 2.00 bits per heavy atom. The van der Waals surface area contributed by atoms with Gasteiger partial charge in [-0.3, -0.25) is 9.98 Å². The molecule has 4 aromatic rings. The van der Waals surface area contributed by atoms with E-state index in [9.17, 15) is 10.2 Å². The van der Waals surface area contributed by atoms with Gasteiger partial charge in [0.25, 0.3) is 0 Å². The third kappa shape index (κ3) is 5.78. The fourth-order valence-corrected chi connectivity index (χ4v) is 3.27. The van der Waals surface area contributed by atoms with Crippen LogP contribution in [-0.4, -0.2) is 29.8 Å². The maximum absolute atomic E-state index is 10.1. The summed E-state index contributed by atoms with van der Waals surface area (Å²) in [6, 6.07) is 27.5. The Morgan fingerprint density at radius 2 is 1.32 bits per heavy atom. The molecule has 5 nitrogen and oxygen atoms in total. The van der Waals surface area contributed by atoms with Crippen LogP contribution in [0.4, 0.5) is 11.4 Å². The quantitative estimate of drug-likeness (QED) is 0.242. The number of nitrogens with zero attached hydrogens (tertiary/aromatic N) is 2. The fourth-order valence-electron chi connectivity index (χ4n) is 3.27. The highest BCUT2D eigenvalue weighted by Gasteiger charge is 2.03. The summed E-state index contributed by atoms with van der Waals surface area (Å²) in [7, 11) is 1.64. The van der Waals surface area contributed by atoms with Crippen molar-refractivity contribution in [2.24, 2.45) is 9.98 Å². The first-order valence-corrected chi connectivity index (χ1v) is 10.7. The third-order valence-electron chi connectivity index (χ3n) is 5.13. The summed E-state index contributed by atoms with van der Waals surface area (Å²) in [5, 5.41) is 20.1. The molecule has 0 saturated carbocycles. The number of aliphatic imine (C=N–C) groups is 2. The van der Waals surface area contributed by atoms with E-state index in [1.165, 1.54) is 0 Å². The molecule has 0 saturated heterocycles. The first-order chi connectivity index (χ1) is 16.6. The summed E-state index contributed by atoms with van der Waals surface area (Å²) < 4.78 is 5.30. The van der Waals surface area contributed by atoms with E-state index in [-0.39, 0.29) is 11.5 Å². The Hall–Kier alpha value is -4.64. The monoisotopic (exact) mass is 448 g/mol. The van der Waals surface area contributed by atoms with E-state index >= 15 is 0 Å². The van der Waals surface area contributed by atoms with Gasteiger partial charge in [-0.2, -0.15) is 0 Å². The fraction of sp³-hybridized carbons (Fsp3) is 0.0345. The SMILES string of the molecule is COc1cccc(/C=C/c2ccc(N=Cc3ccccc3O)cc2N=Cc2ccccc2O)c1. The van der Waals surface area contributed by atoms with Crippen molar-refractivity contribution in [2.75, 3.05) is 7.11 Å². The Morgan fingerprint density at radius 1 is 0.647 bits per heavy atom. The highest BCUT2D eigenvalue weighted by Crippen LogP contribution is 2.29. The van der Waals surface area contributed by atoms with Crippen LogP contribution in [0.1, 0.15) is 22.3 Å². The maximum atomic E-state index is 10.1. The van der Waals surface area contributed by atoms with E-state index in [1.54, 1.807) is 55.9 Å². The minimum atomic E-state index is 0.161. The van der Waals surface area contributed by atoms with Crippen LogP contribution in [-0.2, 0) is 0 Å². The second-order valence-electron chi connectivity index (χ2n) is 7.49. The van der Waals surface area contributed by atoms with Gasteiger partial charge in [-0.15, -0.1) is 0 Å². The smallest absolute Gasteiger partial charge is 0.124 e. The highest BCUT2D eigenvalue weighted by molar-refractivity contribution is 5.89. The predicted octanol–water partition coefficient (Wildman–Crippen LogP) is 6.78. The molecule has 0 aromatic heterocycles. The molecule has 0 spiro atoms. The van der Waals surface area contributed by atoms with Gasteiger partial charge in [0.05, 0.1) is 18.5 Å². The van der Waals surface area contributed by atoms with Gasteiger partial charge in [0.2, 0.25) is 0 Å². The molecule has 4 rings (SSSR count). The summed E-state index contributed by atoms with van der Waals surface area (Å²) in [4.78, 5) is 9.14. The van der Waals surface area contributed by atoms with E-state index < -0.39 is 0 Å². The minimum absolute atomic E-state index is 0.161. The van der Waals surface area contributed by atoms with E-state index in [0.29, 0.717) is 22.5 Å². The molecule has 0 radical (unpaired) electrons. The van der Waals surface area contributed by atoms with Crippen molar-refractivity contribution in [3.05, 3.63) is 113 Å². The normalized spacial score (nSPS) is 11.6. The summed E-state index contributed by atoms with van der Waals surface area (Å²) in [5.41, 5.74) is 4.50. The van der Waals surface area contributed by atoms with Crippen molar-refractivity contribution in [2.45, 2.75) is 0 Å². The van der Waals surface area contributed by atoms with E-state index in [4.69, 9.17) is 4.74 Å². The molecule has 0 heterocycles. The molecule has 34 heavy (non-hydrogen) atoms. The molecule has 0 atom stereocenters. The second kappa shape index (κ2) is 10.8. The summed E-state index contributed by atoms with van der Waals surface area (Å²) in [5.74, 6) is 1.11. The van der Waals surface area contributed by atoms with Crippen LogP contribution in [0.15, 0.2) is 101 Å². The van der Waals surface area contributed by atoms with Crippen LogP contribution in [0, 0.1) is 0 Å². The Kier molecular flexibility index (Phi) is 7.16. The van der Waals surface area contributed by atoms with Gasteiger partial charge in [-0.1, -0.05) is 54.6 Å². The Labute approximate surface area is 198 Å². The summed E-state index contributed by atoms with van der Waals surface area (Å²) in [6.07, 6.45) is 7.21. The molecule has 0 aliphatic heterocycles. The molecule has 0 aliphatic carbocycles. The highest BCUT2D eigenvalue weighted by atomic mass is 16.5. The molecule has 0 amide bonds. The summed E-state index contributed by atoms with van der Waals surface area (Å²) >= 11 is 0. The number of aromatic hydroxyl groups is 2. The lowest BCUT2D eigenvalue weighted by molar-refractivity contribution is 0.414. The molecule has 0 bridgehead atoms. The van der Waals surface area contributed by atoms with Gasteiger partial charge < -0.3 is 14.9 Å². The molecule has 0 unspecified atom stereocenters. The van der Waals surface area contributed by atoms with Crippen molar-refractivity contribution in [1.82, 2.24) is 0 Å². The van der Waals surface area contributed by atoms with Crippen molar-refractivity contribution in [3.63, 3.8) is 0 Å². The molecular weight excluding hydrogens is 424 g/mol. The minimum Gasteiger partial charge on any atom is -0.507 e. The first kappa shape index (κ1) is 22.6. The number of phenolic OH excluding ortho intramolecular Hbond substituents is 2. The average Bonchev–Trinajstić information content (AvgIpc) is 2.87. The van der Waals surface area contributed by atoms with Crippen molar-refractivity contribution in [3.8, 4) is 17.2 Å². The largest absolute Gasteiger partial charge is 0.507 e. The zero-order valence-electron chi connectivity index (χ0n) is 18.7. The van der Waals surface area contributed by atoms with Crippen molar-refractivity contribution < 1.29 is 14.9 Å². The number of benzene rings is 4. The molecule has 2 N–H and O–H groups in total. The molecule has 168 valence electrons. The van der Waals surface area contributed by atoms with Crippen LogP contribution in [0.25, 0.3) is 12.2 Å². The average molecular weight is 449 g/mol. The van der Waals surface area contributed by atoms with Crippen LogP contribution < -0.4 is 4.74 Å². The number of hydrogen-bond donors (Lipinski definition) is 2. The molecule has 5 heteroatoms. The molecule has 0 aliphatic rings. The first-order valence-electron chi connectivity index (χ1n) is 10.7. The molecular formula is C29H24N2O3. The Balaban J connectivity index is 1.68. The topological polar surface area (TPSA) is 74.4 Å².